The number of anilines is 1. The zero-order valence-corrected chi connectivity index (χ0v) is 12.5. The summed E-state index contributed by atoms with van der Waals surface area (Å²) in [6, 6.07) is 9.33. The number of nitrogens with zero attached hydrogens (tertiary/aromatic N) is 4. The summed E-state index contributed by atoms with van der Waals surface area (Å²) >= 11 is 0. The summed E-state index contributed by atoms with van der Waals surface area (Å²) in [6.45, 7) is 1.93. The highest BCUT2D eigenvalue weighted by Gasteiger charge is 2.16. The number of imidazole rings is 1. The number of hydrogen-bond donors (Lipinski definition) is 2. The predicted molar refractivity (Wildman–Crippen MR) is 88.6 cm³/mol. The normalized spacial score (nSPS) is 11.2. The minimum Gasteiger partial charge on any atom is -0.504 e. The highest BCUT2D eigenvalue weighted by Crippen LogP contribution is 2.33. The minimum atomic E-state index is 0.0633. The van der Waals surface area contributed by atoms with Gasteiger partial charge in [-0.15, -0.1) is 0 Å². The van der Waals surface area contributed by atoms with E-state index in [0.29, 0.717) is 11.4 Å². The lowest BCUT2D eigenvalue weighted by molar-refractivity contribution is 0.471. The summed E-state index contributed by atoms with van der Waals surface area (Å²) in [7, 11) is 0. The Bertz CT molecular complexity index is 1000. The van der Waals surface area contributed by atoms with Crippen molar-refractivity contribution in [3.63, 3.8) is 0 Å². The fourth-order valence-electron chi connectivity index (χ4n) is 2.78. The van der Waals surface area contributed by atoms with Crippen LogP contribution >= 0.6 is 0 Å². The Hall–Kier alpha value is -3.28. The van der Waals surface area contributed by atoms with Crippen LogP contribution in [-0.4, -0.2) is 24.3 Å². The van der Waals surface area contributed by atoms with Crippen LogP contribution in [0.2, 0.25) is 0 Å². The predicted octanol–water partition coefficient (Wildman–Crippen LogP) is 2.78. The highest BCUT2D eigenvalue weighted by atomic mass is 16.3. The number of phenolic OH excluding ortho intramolecular Hbond substituents is 1. The zero-order chi connectivity index (χ0) is 16.0. The van der Waals surface area contributed by atoms with Crippen molar-refractivity contribution < 1.29 is 5.11 Å². The summed E-state index contributed by atoms with van der Waals surface area (Å²) in [5.74, 6) is 0.0633. The van der Waals surface area contributed by atoms with Crippen LogP contribution in [0.4, 0.5) is 5.69 Å². The van der Waals surface area contributed by atoms with E-state index in [1.54, 1.807) is 24.7 Å². The number of nitrogen functional groups attached to an aromatic ring is 1. The Balaban J connectivity index is 2.04. The molecule has 0 aliphatic carbocycles. The van der Waals surface area contributed by atoms with Crippen LogP contribution in [0.5, 0.6) is 5.75 Å². The van der Waals surface area contributed by atoms with E-state index >= 15 is 0 Å². The molecule has 1 aromatic carbocycles. The van der Waals surface area contributed by atoms with E-state index in [1.807, 2.05) is 46.6 Å². The lowest BCUT2D eigenvalue weighted by Crippen LogP contribution is -2.06. The van der Waals surface area contributed by atoms with Crippen LogP contribution in [0.25, 0.3) is 22.6 Å². The first-order valence-electron chi connectivity index (χ1n) is 7.20. The first kappa shape index (κ1) is 13.4. The van der Waals surface area contributed by atoms with E-state index in [1.165, 1.54) is 0 Å². The Kier molecular flexibility index (Phi) is 2.84. The Morgan fingerprint density at radius 1 is 1.13 bits per heavy atom. The third-order valence-corrected chi connectivity index (χ3v) is 3.92. The summed E-state index contributed by atoms with van der Waals surface area (Å²) in [5, 5.41) is 10.4. The number of rotatable bonds is 2. The SMILES string of the molecule is Cc1ccc(N)c(O)c1-n1ccc2ncc(-c3cccnc3)n21. The smallest absolute Gasteiger partial charge is 0.164 e. The molecule has 0 spiro atoms. The van der Waals surface area contributed by atoms with Crippen molar-refractivity contribution in [2.24, 2.45) is 0 Å². The lowest BCUT2D eigenvalue weighted by atomic mass is 10.1. The molecule has 0 aliphatic rings. The molecule has 4 aromatic rings. The minimum absolute atomic E-state index is 0.0633. The van der Waals surface area contributed by atoms with E-state index in [4.69, 9.17) is 5.73 Å². The molecule has 0 saturated carbocycles. The third-order valence-electron chi connectivity index (χ3n) is 3.92. The van der Waals surface area contributed by atoms with Gasteiger partial charge in [0.2, 0.25) is 0 Å². The fourth-order valence-corrected chi connectivity index (χ4v) is 2.78. The first-order chi connectivity index (χ1) is 11.2. The van der Waals surface area contributed by atoms with Crippen LogP contribution in [0.15, 0.2) is 55.1 Å². The number of benzene rings is 1. The van der Waals surface area contributed by atoms with Crippen LogP contribution in [0, 0.1) is 6.92 Å². The number of aromatic hydroxyl groups is 1. The van der Waals surface area contributed by atoms with Gasteiger partial charge in [-0.05, 0) is 30.7 Å². The molecule has 0 unspecified atom stereocenters. The van der Waals surface area contributed by atoms with Gasteiger partial charge in [0.25, 0.3) is 0 Å². The monoisotopic (exact) mass is 305 g/mol. The standard InChI is InChI=1S/C17H15N5O/c1-11-4-5-13(18)17(23)16(11)21-8-6-15-20-10-14(22(15)21)12-3-2-7-19-9-12/h2-10,23H,18H2,1H3. The van der Waals surface area contributed by atoms with Gasteiger partial charge in [0.1, 0.15) is 5.69 Å². The number of nitrogens with two attached hydrogens (primary N) is 1. The molecule has 0 atom stereocenters. The van der Waals surface area contributed by atoms with Crippen LogP contribution in [0.1, 0.15) is 5.56 Å². The van der Waals surface area contributed by atoms with Crippen molar-refractivity contribution in [3.8, 4) is 22.7 Å². The quantitative estimate of drug-likeness (QED) is 0.441. The van der Waals surface area contributed by atoms with Gasteiger partial charge in [-0.1, -0.05) is 6.07 Å². The van der Waals surface area contributed by atoms with Crippen LogP contribution < -0.4 is 5.73 Å². The number of fused-ring (bicyclic) bond motifs is 1. The first-order valence-corrected chi connectivity index (χ1v) is 7.20. The summed E-state index contributed by atoms with van der Waals surface area (Å²) < 4.78 is 3.78. The lowest BCUT2D eigenvalue weighted by Gasteiger charge is -2.14. The van der Waals surface area contributed by atoms with Gasteiger partial charge >= 0.3 is 0 Å². The number of pyridine rings is 1. The summed E-state index contributed by atoms with van der Waals surface area (Å²) in [4.78, 5) is 8.59. The highest BCUT2D eigenvalue weighted by molar-refractivity contribution is 5.68. The van der Waals surface area contributed by atoms with Crippen molar-refractivity contribution in [3.05, 3.63) is 60.7 Å². The molecule has 3 N–H and O–H groups in total. The molecule has 0 bridgehead atoms. The molecule has 114 valence electrons. The van der Waals surface area contributed by atoms with Gasteiger partial charge in [0.05, 0.1) is 17.6 Å². The molecular formula is C17H15N5O. The van der Waals surface area contributed by atoms with Crippen molar-refractivity contribution in [1.82, 2.24) is 19.2 Å². The molecule has 0 fully saturated rings. The molecule has 6 nitrogen and oxygen atoms in total. The van der Waals surface area contributed by atoms with Gasteiger partial charge in [0, 0.05) is 30.2 Å². The molecule has 23 heavy (non-hydrogen) atoms. The number of phenols is 1. The average Bonchev–Trinajstić information content (AvgIpc) is 3.15. The Labute approximate surface area is 132 Å². The molecule has 0 amide bonds. The van der Waals surface area contributed by atoms with Crippen molar-refractivity contribution in [1.29, 1.82) is 0 Å². The van der Waals surface area contributed by atoms with Gasteiger partial charge < -0.3 is 10.8 Å². The molecule has 3 heterocycles. The molecular weight excluding hydrogens is 290 g/mol. The zero-order valence-electron chi connectivity index (χ0n) is 12.5. The maximum absolute atomic E-state index is 10.4. The van der Waals surface area contributed by atoms with E-state index in [0.717, 1.165) is 22.5 Å². The van der Waals surface area contributed by atoms with Gasteiger partial charge in [-0.2, -0.15) is 0 Å². The van der Waals surface area contributed by atoms with E-state index in [-0.39, 0.29) is 5.75 Å². The fraction of sp³-hybridized carbons (Fsp3) is 0.0588. The maximum atomic E-state index is 10.4. The van der Waals surface area contributed by atoms with Gasteiger partial charge in [0.15, 0.2) is 11.4 Å². The van der Waals surface area contributed by atoms with E-state index in [9.17, 15) is 5.11 Å². The average molecular weight is 305 g/mol. The second-order valence-corrected chi connectivity index (χ2v) is 5.38. The van der Waals surface area contributed by atoms with Crippen molar-refractivity contribution >= 4 is 11.3 Å². The molecule has 0 saturated heterocycles. The second kappa shape index (κ2) is 4.88. The maximum Gasteiger partial charge on any atom is 0.164 e. The van der Waals surface area contributed by atoms with Crippen molar-refractivity contribution in [2.75, 3.05) is 5.73 Å². The van der Waals surface area contributed by atoms with Crippen molar-refractivity contribution in [2.45, 2.75) is 6.92 Å². The van der Waals surface area contributed by atoms with E-state index in [2.05, 4.69) is 9.97 Å². The molecule has 4 rings (SSSR count). The van der Waals surface area contributed by atoms with Crippen LogP contribution in [0.3, 0.4) is 0 Å². The number of hydrogen-bond acceptors (Lipinski definition) is 4. The Morgan fingerprint density at radius 2 is 2.00 bits per heavy atom. The Morgan fingerprint density at radius 3 is 2.78 bits per heavy atom. The third kappa shape index (κ3) is 1.96. The summed E-state index contributed by atoms with van der Waals surface area (Å²) in [5.41, 5.74) is 10.4. The van der Waals surface area contributed by atoms with Crippen LogP contribution in [-0.2, 0) is 0 Å². The molecule has 0 aliphatic heterocycles. The largest absolute Gasteiger partial charge is 0.504 e. The second-order valence-electron chi connectivity index (χ2n) is 5.38. The molecule has 0 radical (unpaired) electrons. The van der Waals surface area contributed by atoms with Gasteiger partial charge in [-0.25, -0.2) is 9.50 Å². The number of aryl methyl sites for hydroxylation is 1. The summed E-state index contributed by atoms with van der Waals surface area (Å²) in [6.07, 6.45) is 7.17. The topological polar surface area (TPSA) is 81.4 Å². The molecule has 6 heteroatoms. The van der Waals surface area contributed by atoms with E-state index < -0.39 is 0 Å². The van der Waals surface area contributed by atoms with Gasteiger partial charge in [-0.3, -0.25) is 9.67 Å². The number of aromatic nitrogens is 4. The molecule has 3 aromatic heterocycles.